The molecular formula is C18H20N4O5. The van der Waals surface area contributed by atoms with Gasteiger partial charge in [-0.1, -0.05) is 6.07 Å². The number of ether oxygens (including phenoxy) is 2. The second-order valence-electron chi connectivity index (χ2n) is 6.27. The van der Waals surface area contributed by atoms with Crippen molar-refractivity contribution in [3.63, 3.8) is 0 Å². The topological polar surface area (TPSA) is 108 Å². The first-order chi connectivity index (χ1) is 13.0. The molecule has 1 aromatic heterocycles. The lowest BCUT2D eigenvalue weighted by Gasteiger charge is -2.32. The van der Waals surface area contributed by atoms with Crippen molar-refractivity contribution in [2.45, 2.75) is 25.9 Å². The van der Waals surface area contributed by atoms with Crippen LogP contribution in [-0.2, 0) is 0 Å². The number of aryl methyl sites for hydroxylation is 1. The zero-order valence-corrected chi connectivity index (χ0v) is 15.1. The van der Waals surface area contributed by atoms with Gasteiger partial charge in [-0.3, -0.25) is 14.9 Å². The Morgan fingerprint density at radius 1 is 1.37 bits per heavy atom. The number of rotatable bonds is 5. The maximum Gasteiger partial charge on any atom is 0.319 e. The number of benzene rings is 1. The molecule has 0 spiro atoms. The van der Waals surface area contributed by atoms with Gasteiger partial charge in [0.2, 0.25) is 5.88 Å². The molecule has 27 heavy (non-hydrogen) atoms. The van der Waals surface area contributed by atoms with Crippen LogP contribution in [0.2, 0.25) is 0 Å². The molecule has 2 aromatic rings. The molecule has 2 heterocycles. The number of aromatic nitrogens is 2. The highest BCUT2D eigenvalue weighted by Crippen LogP contribution is 2.23. The average Bonchev–Trinajstić information content (AvgIpc) is 2.68. The summed E-state index contributed by atoms with van der Waals surface area (Å²) in [5, 5.41) is 11.1. The Balaban J connectivity index is 1.71. The number of nitrogens with zero attached hydrogens (tertiary/aromatic N) is 4. The van der Waals surface area contributed by atoms with Gasteiger partial charge < -0.3 is 14.4 Å². The van der Waals surface area contributed by atoms with E-state index in [9.17, 15) is 14.9 Å². The van der Waals surface area contributed by atoms with Gasteiger partial charge in [-0.15, -0.1) is 0 Å². The number of nitro groups is 1. The normalized spacial score (nSPS) is 16.7. The third-order valence-electron chi connectivity index (χ3n) is 4.40. The fourth-order valence-electron chi connectivity index (χ4n) is 3.00. The third kappa shape index (κ3) is 4.30. The molecule has 1 fully saturated rings. The highest BCUT2D eigenvalue weighted by atomic mass is 16.6. The van der Waals surface area contributed by atoms with Crippen LogP contribution in [0, 0.1) is 17.0 Å². The molecule has 1 atom stereocenters. The van der Waals surface area contributed by atoms with Crippen molar-refractivity contribution in [2.24, 2.45) is 0 Å². The number of carbonyl (C=O) groups excluding carboxylic acids is 1. The second-order valence-corrected chi connectivity index (χ2v) is 6.27. The first-order valence-electron chi connectivity index (χ1n) is 8.56. The molecule has 3 rings (SSSR count). The molecule has 1 aromatic carbocycles. The molecule has 9 nitrogen and oxygen atoms in total. The Hall–Kier alpha value is -3.23. The molecular weight excluding hydrogens is 352 g/mol. The molecule has 1 amide bonds. The summed E-state index contributed by atoms with van der Waals surface area (Å²) in [7, 11) is 1.47. The van der Waals surface area contributed by atoms with E-state index in [1.54, 1.807) is 36.2 Å². The first-order valence-corrected chi connectivity index (χ1v) is 8.56. The Labute approximate surface area is 156 Å². The second kappa shape index (κ2) is 7.98. The van der Waals surface area contributed by atoms with Gasteiger partial charge in [0.25, 0.3) is 11.6 Å². The third-order valence-corrected chi connectivity index (χ3v) is 4.40. The molecule has 0 N–H and O–H groups in total. The van der Waals surface area contributed by atoms with Crippen LogP contribution in [0.15, 0.2) is 30.5 Å². The Morgan fingerprint density at radius 2 is 2.19 bits per heavy atom. The van der Waals surface area contributed by atoms with Crippen molar-refractivity contribution >= 4 is 11.6 Å². The van der Waals surface area contributed by atoms with Gasteiger partial charge in [-0.25, -0.2) is 4.98 Å². The average molecular weight is 372 g/mol. The van der Waals surface area contributed by atoms with Gasteiger partial charge >= 0.3 is 6.01 Å². The number of carbonyl (C=O) groups is 1. The monoisotopic (exact) mass is 372 g/mol. The van der Waals surface area contributed by atoms with Crippen LogP contribution in [-0.4, -0.2) is 52.0 Å². The van der Waals surface area contributed by atoms with Gasteiger partial charge in [0.05, 0.1) is 18.6 Å². The molecule has 0 bridgehead atoms. The van der Waals surface area contributed by atoms with Crippen molar-refractivity contribution in [2.75, 3.05) is 20.2 Å². The molecule has 1 unspecified atom stereocenters. The SMILES string of the molecule is COc1nccc(OC2CCCN(C(=O)c3ccc(C)c([N+](=O)[O-])c3)C2)n1. The molecule has 142 valence electrons. The minimum atomic E-state index is -0.475. The predicted molar refractivity (Wildman–Crippen MR) is 96.0 cm³/mol. The minimum Gasteiger partial charge on any atom is -0.472 e. The van der Waals surface area contributed by atoms with E-state index in [1.165, 1.54) is 13.2 Å². The van der Waals surface area contributed by atoms with E-state index in [4.69, 9.17) is 9.47 Å². The predicted octanol–water partition coefficient (Wildman–Crippen LogP) is 2.39. The van der Waals surface area contributed by atoms with E-state index in [-0.39, 0.29) is 23.7 Å². The van der Waals surface area contributed by atoms with Gasteiger partial charge in [0, 0.05) is 36.0 Å². The maximum absolute atomic E-state index is 12.8. The molecule has 1 aliphatic heterocycles. The Kier molecular flexibility index (Phi) is 5.49. The van der Waals surface area contributed by atoms with Gasteiger partial charge in [0.15, 0.2) is 0 Å². The lowest BCUT2D eigenvalue weighted by atomic mass is 10.0. The fraction of sp³-hybridized carbons (Fsp3) is 0.389. The highest BCUT2D eigenvalue weighted by molar-refractivity contribution is 5.95. The van der Waals surface area contributed by atoms with Crippen LogP contribution in [0.5, 0.6) is 11.9 Å². The molecule has 1 saturated heterocycles. The van der Waals surface area contributed by atoms with E-state index in [0.29, 0.717) is 30.1 Å². The Morgan fingerprint density at radius 3 is 2.93 bits per heavy atom. The summed E-state index contributed by atoms with van der Waals surface area (Å²) >= 11 is 0. The molecule has 9 heteroatoms. The van der Waals surface area contributed by atoms with E-state index in [0.717, 1.165) is 12.8 Å². The van der Waals surface area contributed by atoms with E-state index in [2.05, 4.69) is 9.97 Å². The quantitative estimate of drug-likeness (QED) is 0.586. The molecule has 0 radical (unpaired) electrons. The lowest BCUT2D eigenvalue weighted by Crippen LogP contribution is -2.44. The first kappa shape index (κ1) is 18.6. The summed E-state index contributed by atoms with van der Waals surface area (Å²) in [6.45, 7) is 2.60. The van der Waals surface area contributed by atoms with Crippen LogP contribution in [0.3, 0.4) is 0 Å². The van der Waals surface area contributed by atoms with E-state index in [1.807, 2.05) is 0 Å². The largest absolute Gasteiger partial charge is 0.472 e. The van der Waals surface area contributed by atoms with E-state index < -0.39 is 4.92 Å². The Bertz CT molecular complexity index is 857. The van der Waals surface area contributed by atoms with Gasteiger partial charge in [-0.2, -0.15) is 4.98 Å². The highest BCUT2D eigenvalue weighted by Gasteiger charge is 2.27. The number of amides is 1. The number of likely N-dealkylation sites (tertiary alicyclic amines) is 1. The lowest BCUT2D eigenvalue weighted by molar-refractivity contribution is -0.385. The molecule has 0 saturated carbocycles. The number of piperidine rings is 1. The van der Waals surface area contributed by atoms with Crippen molar-refractivity contribution in [1.29, 1.82) is 0 Å². The van der Waals surface area contributed by atoms with Crippen LogP contribution >= 0.6 is 0 Å². The number of nitro benzene ring substituents is 1. The zero-order chi connectivity index (χ0) is 19.4. The maximum atomic E-state index is 12.8. The van der Waals surface area contributed by atoms with Gasteiger partial charge in [0.1, 0.15) is 6.10 Å². The van der Waals surface area contributed by atoms with Crippen LogP contribution in [0.1, 0.15) is 28.8 Å². The van der Waals surface area contributed by atoms with Gasteiger partial charge in [-0.05, 0) is 25.8 Å². The summed E-state index contributed by atoms with van der Waals surface area (Å²) in [6, 6.07) is 6.38. The summed E-state index contributed by atoms with van der Waals surface area (Å²) in [4.78, 5) is 33.1. The van der Waals surface area contributed by atoms with Crippen LogP contribution in [0.25, 0.3) is 0 Å². The zero-order valence-electron chi connectivity index (χ0n) is 15.1. The summed E-state index contributed by atoms with van der Waals surface area (Å²) in [5.41, 5.74) is 0.768. The van der Waals surface area contributed by atoms with Crippen LogP contribution < -0.4 is 9.47 Å². The fourth-order valence-corrected chi connectivity index (χ4v) is 3.00. The molecule has 0 aliphatic carbocycles. The van der Waals surface area contributed by atoms with Crippen molar-refractivity contribution in [3.05, 3.63) is 51.7 Å². The summed E-state index contributed by atoms with van der Waals surface area (Å²) < 4.78 is 10.8. The minimum absolute atomic E-state index is 0.0567. The van der Waals surface area contributed by atoms with Crippen molar-refractivity contribution < 1.29 is 19.2 Å². The molecule has 1 aliphatic rings. The summed E-state index contributed by atoms with van der Waals surface area (Å²) in [5.74, 6) is 0.138. The standard InChI is InChI=1S/C18H20N4O5/c1-12-5-6-13(10-15(12)22(24)25)17(23)21-9-3-4-14(11-21)27-16-7-8-19-18(20-16)26-2/h5-8,10,14H,3-4,9,11H2,1-2H3. The van der Waals surface area contributed by atoms with Crippen molar-refractivity contribution in [1.82, 2.24) is 14.9 Å². The number of hydrogen-bond donors (Lipinski definition) is 0. The number of hydrogen-bond acceptors (Lipinski definition) is 7. The summed E-state index contributed by atoms with van der Waals surface area (Å²) in [6.07, 6.45) is 2.87. The van der Waals surface area contributed by atoms with Crippen molar-refractivity contribution in [3.8, 4) is 11.9 Å². The smallest absolute Gasteiger partial charge is 0.319 e. The van der Waals surface area contributed by atoms with E-state index >= 15 is 0 Å². The number of methoxy groups -OCH3 is 1. The van der Waals surface area contributed by atoms with Crippen LogP contribution in [0.4, 0.5) is 5.69 Å².